The first kappa shape index (κ1) is 24.3. The maximum absolute atomic E-state index is 12.8. The fourth-order valence-corrected chi connectivity index (χ4v) is 5.96. The minimum absolute atomic E-state index is 0.0812. The Hall–Kier alpha value is -2.78. The Kier molecular flexibility index (Phi) is 7.63. The van der Waals surface area contributed by atoms with Crippen LogP contribution in [0.15, 0.2) is 47.4 Å². The second-order valence-electron chi connectivity index (χ2n) is 9.01. The minimum Gasteiger partial charge on any atom is -0.494 e. The highest BCUT2D eigenvalue weighted by atomic mass is 32.2. The van der Waals surface area contributed by atoms with Crippen molar-refractivity contribution in [3.8, 4) is 5.75 Å². The third-order valence-electron chi connectivity index (χ3n) is 6.50. The van der Waals surface area contributed by atoms with E-state index in [1.54, 1.807) is 24.3 Å². The average molecular weight is 488 g/mol. The van der Waals surface area contributed by atoms with Crippen LogP contribution in [-0.4, -0.2) is 63.7 Å². The Bertz CT molecular complexity index is 1100. The summed E-state index contributed by atoms with van der Waals surface area (Å²) in [6, 6.07) is 10.9. The molecule has 34 heavy (non-hydrogen) atoms. The van der Waals surface area contributed by atoms with Gasteiger partial charge in [0.1, 0.15) is 5.75 Å². The number of carboxylic acids is 1. The summed E-state index contributed by atoms with van der Waals surface area (Å²) in [5.74, 6) is 0.0219. The van der Waals surface area contributed by atoms with Gasteiger partial charge in [-0.25, -0.2) is 13.2 Å². The van der Waals surface area contributed by atoms with Crippen LogP contribution >= 0.6 is 0 Å². The molecule has 0 saturated carbocycles. The molecular weight excluding hydrogens is 454 g/mol. The molecule has 2 aliphatic rings. The standard InChI is InChI=1S/C25H33N3O5S/c1-2-33-21-8-10-22(11-9-21)34(31,32)26-20-7-12-24(23(16-20)25(29)30)28-15-5-6-19(18-28)17-27-13-3-4-14-27/h7-12,16,19,26H,2-6,13-15,17-18H2,1H3,(H,29,30). The summed E-state index contributed by atoms with van der Waals surface area (Å²) in [4.78, 5) is 16.8. The Morgan fingerprint density at radius 2 is 1.82 bits per heavy atom. The lowest BCUT2D eigenvalue weighted by molar-refractivity contribution is 0.0697. The molecule has 184 valence electrons. The smallest absolute Gasteiger partial charge is 0.337 e. The van der Waals surface area contributed by atoms with E-state index >= 15 is 0 Å². The van der Waals surface area contributed by atoms with Gasteiger partial charge in [-0.2, -0.15) is 0 Å². The topological polar surface area (TPSA) is 99.2 Å². The van der Waals surface area contributed by atoms with E-state index in [1.165, 1.54) is 31.0 Å². The molecule has 4 rings (SSSR count). The van der Waals surface area contributed by atoms with Crippen molar-refractivity contribution in [2.45, 2.75) is 37.5 Å². The van der Waals surface area contributed by atoms with Crippen LogP contribution in [0.5, 0.6) is 5.75 Å². The number of aromatic carboxylic acids is 1. The predicted molar refractivity (Wildman–Crippen MR) is 132 cm³/mol. The van der Waals surface area contributed by atoms with Crippen LogP contribution in [0.2, 0.25) is 0 Å². The van der Waals surface area contributed by atoms with Gasteiger partial charge in [-0.15, -0.1) is 0 Å². The Morgan fingerprint density at radius 3 is 2.50 bits per heavy atom. The van der Waals surface area contributed by atoms with Gasteiger partial charge in [0, 0.05) is 25.3 Å². The first-order chi connectivity index (χ1) is 16.4. The van der Waals surface area contributed by atoms with Gasteiger partial charge in [0.05, 0.1) is 22.8 Å². The monoisotopic (exact) mass is 487 g/mol. The lowest BCUT2D eigenvalue weighted by atomic mass is 9.96. The maximum Gasteiger partial charge on any atom is 0.337 e. The Balaban J connectivity index is 1.50. The van der Waals surface area contributed by atoms with Crippen molar-refractivity contribution < 1.29 is 23.1 Å². The molecule has 0 aliphatic carbocycles. The van der Waals surface area contributed by atoms with Crippen LogP contribution in [0.25, 0.3) is 0 Å². The number of sulfonamides is 1. The van der Waals surface area contributed by atoms with Crippen LogP contribution in [-0.2, 0) is 10.0 Å². The summed E-state index contributed by atoms with van der Waals surface area (Å²) in [6.07, 6.45) is 4.68. The number of likely N-dealkylation sites (tertiary alicyclic amines) is 1. The molecule has 2 N–H and O–H groups in total. The largest absolute Gasteiger partial charge is 0.494 e. The Morgan fingerprint density at radius 1 is 1.09 bits per heavy atom. The molecular formula is C25H33N3O5S. The Labute approximate surface area is 201 Å². The van der Waals surface area contributed by atoms with E-state index in [4.69, 9.17) is 4.74 Å². The summed E-state index contributed by atoms with van der Waals surface area (Å²) in [5, 5.41) is 9.89. The molecule has 2 fully saturated rings. The van der Waals surface area contributed by atoms with Crippen LogP contribution in [0.4, 0.5) is 11.4 Å². The minimum atomic E-state index is -3.87. The van der Waals surface area contributed by atoms with Crippen molar-refractivity contribution in [3.63, 3.8) is 0 Å². The van der Waals surface area contributed by atoms with Crippen molar-refractivity contribution in [2.24, 2.45) is 5.92 Å². The normalized spacial score (nSPS) is 19.2. The van der Waals surface area contributed by atoms with Crippen LogP contribution in [0.3, 0.4) is 0 Å². The summed E-state index contributed by atoms with van der Waals surface area (Å²) >= 11 is 0. The molecule has 0 spiro atoms. The number of carbonyl (C=O) groups is 1. The van der Waals surface area contributed by atoms with Gasteiger partial charge in [0.15, 0.2) is 0 Å². The van der Waals surface area contributed by atoms with Crippen molar-refractivity contribution >= 4 is 27.4 Å². The van der Waals surface area contributed by atoms with Crippen LogP contribution in [0.1, 0.15) is 43.0 Å². The number of anilines is 2. The number of piperidine rings is 1. The lowest BCUT2D eigenvalue weighted by Crippen LogP contribution is -2.41. The lowest BCUT2D eigenvalue weighted by Gasteiger charge is -2.36. The first-order valence-corrected chi connectivity index (χ1v) is 13.4. The molecule has 0 bridgehead atoms. The molecule has 1 unspecified atom stereocenters. The van der Waals surface area contributed by atoms with E-state index in [0.29, 0.717) is 24.0 Å². The number of nitrogens with zero attached hydrogens (tertiary/aromatic N) is 2. The third kappa shape index (κ3) is 5.82. The number of nitrogens with one attached hydrogen (secondary N) is 1. The van der Waals surface area contributed by atoms with E-state index in [9.17, 15) is 18.3 Å². The first-order valence-electron chi connectivity index (χ1n) is 12.0. The summed E-state index contributed by atoms with van der Waals surface area (Å²) < 4.78 is 33.5. The third-order valence-corrected chi connectivity index (χ3v) is 7.90. The van der Waals surface area contributed by atoms with Gasteiger partial charge in [-0.05, 0) is 94.1 Å². The number of hydrogen-bond acceptors (Lipinski definition) is 6. The number of hydrogen-bond donors (Lipinski definition) is 2. The van der Waals surface area contributed by atoms with E-state index in [0.717, 1.165) is 45.6 Å². The average Bonchev–Trinajstić information content (AvgIpc) is 3.32. The molecule has 0 aromatic heterocycles. The molecule has 9 heteroatoms. The molecule has 2 aromatic rings. The van der Waals surface area contributed by atoms with Gasteiger partial charge in [0.25, 0.3) is 10.0 Å². The van der Waals surface area contributed by atoms with E-state index in [-0.39, 0.29) is 16.1 Å². The van der Waals surface area contributed by atoms with Gasteiger partial charge >= 0.3 is 5.97 Å². The number of benzene rings is 2. The number of rotatable bonds is 9. The molecule has 1 atom stereocenters. The van der Waals surface area contributed by atoms with Crippen molar-refractivity contribution in [3.05, 3.63) is 48.0 Å². The second kappa shape index (κ2) is 10.7. The molecule has 8 nitrogen and oxygen atoms in total. The van der Waals surface area contributed by atoms with Crippen molar-refractivity contribution in [2.75, 3.05) is 49.0 Å². The summed E-state index contributed by atoms with van der Waals surface area (Å²) in [5.41, 5.74) is 0.969. The van der Waals surface area contributed by atoms with Crippen LogP contribution in [0, 0.1) is 5.92 Å². The highest BCUT2D eigenvalue weighted by Crippen LogP contribution is 2.30. The SMILES string of the molecule is CCOc1ccc(S(=O)(=O)Nc2ccc(N3CCCC(CN4CCCC4)C3)c(C(=O)O)c2)cc1. The molecule has 2 aliphatic heterocycles. The summed E-state index contributed by atoms with van der Waals surface area (Å²) in [7, 11) is -3.87. The quantitative estimate of drug-likeness (QED) is 0.553. The fraction of sp³-hybridized carbons (Fsp3) is 0.480. The van der Waals surface area contributed by atoms with E-state index in [1.807, 2.05) is 6.92 Å². The second-order valence-corrected chi connectivity index (χ2v) is 10.7. The van der Waals surface area contributed by atoms with E-state index in [2.05, 4.69) is 14.5 Å². The van der Waals surface area contributed by atoms with Crippen molar-refractivity contribution in [1.82, 2.24) is 4.90 Å². The van der Waals surface area contributed by atoms with Crippen LogP contribution < -0.4 is 14.4 Å². The maximum atomic E-state index is 12.8. The molecule has 2 heterocycles. The molecule has 2 saturated heterocycles. The fourth-order valence-electron chi connectivity index (χ4n) is 4.91. The zero-order valence-electron chi connectivity index (χ0n) is 19.6. The number of ether oxygens (including phenoxy) is 1. The molecule has 0 radical (unpaired) electrons. The zero-order chi connectivity index (χ0) is 24.1. The molecule has 0 amide bonds. The van der Waals surface area contributed by atoms with Gasteiger partial charge in [-0.3, -0.25) is 4.72 Å². The highest BCUT2D eigenvalue weighted by Gasteiger charge is 2.26. The van der Waals surface area contributed by atoms with Gasteiger partial charge in [-0.1, -0.05) is 0 Å². The number of carboxylic acid groups (broad SMARTS) is 1. The summed E-state index contributed by atoms with van der Waals surface area (Å²) in [6.45, 7) is 7.32. The van der Waals surface area contributed by atoms with E-state index < -0.39 is 16.0 Å². The van der Waals surface area contributed by atoms with Crippen molar-refractivity contribution in [1.29, 1.82) is 0 Å². The predicted octanol–water partition coefficient (Wildman–Crippen LogP) is 3.90. The molecule has 2 aromatic carbocycles. The van der Waals surface area contributed by atoms with Gasteiger partial charge < -0.3 is 19.6 Å². The van der Waals surface area contributed by atoms with Gasteiger partial charge in [0.2, 0.25) is 0 Å². The highest BCUT2D eigenvalue weighted by molar-refractivity contribution is 7.92. The zero-order valence-corrected chi connectivity index (χ0v) is 20.4.